The molecule has 2 amide bonds. The lowest BCUT2D eigenvalue weighted by Crippen LogP contribution is -2.54. The fraction of sp³-hybridized carbons (Fsp3) is 0.385. The maximum absolute atomic E-state index is 14.2. The minimum absolute atomic E-state index is 0.0447. The highest BCUT2D eigenvalue weighted by atomic mass is 32.2. The maximum atomic E-state index is 14.2. The Labute approximate surface area is 193 Å². The Kier molecular flexibility index (Phi) is 7.30. The molecule has 1 aliphatic heterocycles. The van der Waals surface area contributed by atoms with E-state index in [1.807, 2.05) is 6.92 Å². The molecule has 2 fully saturated rings. The van der Waals surface area contributed by atoms with Gasteiger partial charge in [0.15, 0.2) is 0 Å². The van der Waals surface area contributed by atoms with Crippen molar-refractivity contribution in [3.63, 3.8) is 0 Å². The third-order valence-corrected chi connectivity index (χ3v) is 7.58. The summed E-state index contributed by atoms with van der Waals surface area (Å²) in [6.07, 6.45) is 6.48. The minimum Gasteiger partial charge on any atom is -0.354 e. The maximum Gasteiger partial charge on any atom is 0.261 e. The van der Waals surface area contributed by atoms with Gasteiger partial charge >= 0.3 is 0 Å². The summed E-state index contributed by atoms with van der Waals surface area (Å²) >= 11 is 1.55. The van der Waals surface area contributed by atoms with Crippen LogP contribution in [0.25, 0.3) is 6.08 Å². The van der Waals surface area contributed by atoms with Crippen LogP contribution in [0.5, 0.6) is 0 Å². The van der Waals surface area contributed by atoms with Crippen LogP contribution >= 0.6 is 11.8 Å². The first kappa shape index (κ1) is 22.6. The molecule has 2 aromatic carbocycles. The standard InChI is InChI=1S/C26H29FN2O2S/c1-18-10-12-19(13-11-18)14-15-28-25(30)17-29-22-8-4-5-9-23(22)32-24(26(29)31)16-20-6-2-3-7-21(20)27/h2-3,6-7,10-13,16,22-23H,4-5,8-9,14-15,17H2,1H3,(H,28,30)/b24-16-. The second kappa shape index (κ2) is 10.3. The fourth-order valence-corrected chi connectivity index (χ4v) is 5.87. The van der Waals surface area contributed by atoms with Crippen LogP contribution in [0.1, 0.15) is 42.4 Å². The predicted octanol–water partition coefficient (Wildman–Crippen LogP) is 4.72. The molecule has 1 N–H and O–H groups in total. The van der Waals surface area contributed by atoms with Gasteiger partial charge in [-0.15, -0.1) is 11.8 Å². The number of aryl methyl sites for hydroxylation is 1. The molecule has 0 spiro atoms. The van der Waals surface area contributed by atoms with Crippen LogP contribution in [-0.4, -0.2) is 41.1 Å². The van der Waals surface area contributed by atoms with Gasteiger partial charge in [-0.2, -0.15) is 0 Å². The summed E-state index contributed by atoms with van der Waals surface area (Å²) in [6.45, 7) is 2.63. The minimum atomic E-state index is -0.348. The molecule has 1 saturated carbocycles. The largest absolute Gasteiger partial charge is 0.354 e. The van der Waals surface area contributed by atoms with Crippen LogP contribution < -0.4 is 5.32 Å². The van der Waals surface area contributed by atoms with Crippen LogP contribution in [-0.2, 0) is 16.0 Å². The summed E-state index contributed by atoms with van der Waals surface area (Å²) in [5.74, 6) is -0.665. The molecule has 1 heterocycles. The lowest BCUT2D eigenvalue weighted by atomic mass is 9.93. The number of benzene rings is 2. The number of nitrogens with one attached hydrogen (secondary N) is 1. The molecule has 168 valence electrons. The zero-order chi connectivity index (χ0) is 22.5. The average Bonchev–Trinajstić information content (AvgIpc) is 2.79. The van der Waals surface area contributed by atoms with E-state index in [0.717, 1.165) is 32.1 Å². The van der Waals surface area contributed by atoms with E-state index in [-0.39, 0.29) is 35.5 Å². The van der Waals surface area contributed by atoms with Crippen molar-refractivity contribution >= 4 is 29.7 Å². The number of amides is 2. The van der Waals surface area contributed by atoms with Gasteiger partial charge in [0.2, 0.25) is 5.91 Å². The molecule has 2 aromatic rings. The Morgan fingerprint density at radius 3 is 2.69 bits per heavy atom. The van der Waals surface area contributed by atoms with Crippen LogP contribution in [0.3, 0.4) is 0 Å². The third-order valence-electron chi connectivity index (χ3n) is 6.18. The Hall–Kier alpha value is -2.60. The van der Waals surface area contributed by atoms with Crippen molar-refractivity contribution in [2.45, 2.75) is 50.3 Å². The molecule has 0 aromatic heterocycles. The highest BCUT2D eigenvalue weighted by molar-refractivity contribution is 8.04. The molecule has 4 rings (SSSR count). The van der Waals surface area contributed by atoms with Gasteiger partial charge < -0.3 is 10.2 Å². The Bertz CT molecular complexity index is 1010. The second-order valence-corrected chi connectivity index (χ2v) is 9.84. The lowest BCUT2D eigenvalue weighted by molar-refractivity contribution is -0.135. The van der Waals surface area contributed by atoms with Gasteiger partial charge in [0.1, 0.15) is 12.4 Å². The number of rotatable bonds is 6. The first-order chi connectivity index (χ1) is 15.5. The highest BCUT2D eigenvalue weighted by Gasteiger charge is 2.41. The number of hydrogen-bond donors (Lipinski definition) is 1. The second-order valence-electron chi connectivity index (χ2n) is 8.56. The highest BCUT2D eigenvalue weighted by Crippen LogP contribution is 2.42. The van der Waals surface area contributed by atoms with E-state index >= 15 is 0 Å². The van der Waals surface area contributed by atoms with Crippen molar-refractivity contribution in [1.82, 2.24) is 10.2 Å². The van der Waals surface area contributed by atoms with E-state index in [1.165, 1.54) is 17.2 Å². The number of thioether (sulfide) groups is 1. The summed E-state index contributed by atoms with van der Waals surface area (Å²) in [6, 6.07) is 14.8. The average molecular weight is 453 g/mol. The third kappa shape index (κ3) is 5.41. The summed E-state index contributed by atoms with van der Waals surface area (Å²) in [5, 5.41) is 3.21. The van der Waals surface area contributed by atoms with Crippen molar-refractivity contribution in [3.8, 4) is 0 Å². The van der Waals surface area contributed by atoms with E-state index in [9.17, 15) is 14.0 Å². The molecular formula is C26H29FN2O2S. The normalized spacial score (nSPS) is 22.0. The molecule has 2 aliphatic rings. The first-order valence-corrected chi connectivity index (χ1v) is 12.2. The topological polar surface area (TPSA) is 49.4 Å². The van der Waals surface area contributed by atoms with Gasteiger partial charge in [-0.1, -0.05) is 60.9 Å². The molecular weight excluding hydrogens is 423 g/mol. The van der Waals surface area contributed by atoms with Crippen LogP contribution in [0.15, 0.2) is 53.4 Å². The van der Waals surface area contributed by atoms with Gasteiger partial charge in [-0.3, -0.25) is 9.59 Å². The van der Waals surface area contributed by atoms with E-state index in [4.69, 9.17) is 0 Å². The summed E-state index contributed by atoms with van der Waals surface area (Å²) in [7, 11) is 0. The molecule has 0 radical (unpaired) electrons. The lowest BCUT2D eigenvalue weighted by Gasteiger charge is -2.43. The Morgan fingerprint density at radius 1 is 1.16 bits per heavy atom. The molecule has 1 aliphatic carbocycles. The smallest absolute Gasteiger partial charge is 0.261 e. The molecule has 4 nitrogen and oxygen atoms in total. The number of hydrogen-bond acceptors (Lipinski definition) is 3. The van der Waals surface area contributed by atoms with Crippen LogP contribution in [0.2, 0.25) is 0 Å². The van der Waals surface area contributed by atoms with E-state index in [1.54, 1.807) is 40.9 Å². The van der Waals surface area contributed by atoms with Crippen molar-refractivity contribution in [2.24, 2.45) is 0 Å². The van der Waals surface area contributed by atoms with Crippen molar-refractivity contribution in [1.29, 1.82) is 0 Å². The molecule has 2 unspecified atom stereocenters. The quantitative estimate of drug-likeness (QED) is 0.645. The van der Waals surface area contributed by atoms with E-state index in [2.05, 4.69) is 29.6 Å². The number of carbonyl (C=O) groups is 2. The van der Waals surface area contributed by atoms with Gasteiger partial charge in [-0.25, -0.2) is 4.39 Å². The summed E-state index contributed by atoms with van der Waals surface area (Å²) in [5.41, 5.74) is 2.78. The van der Waals surface area contributed by atoms with Crippen molar-refractivity contribution in [2.75, 3.05) is 13.1 Å². The van der Waals surface area contributed by atoms with Crippen molar-refractivity contribution in [3.05, 3.63) is 75.9 Å². The van der Waals surface area contributed by atoms with Crippen LogP contribution in [0.4, 0.5) is 4.39 Å². The summed E-state index contributed by atoms with van der Waals surface area (Å²) in [4.78, 5) is 28.2. The molecule has 2 atom stereocenters. The van der Waals surface area contributed by atoms with Gasteiger partial charge in [0.05, 0.1) is 4.91 Å². The Morgan fingerprint density at radius 2 is 1.91 bits per heavy atom. The van der Waals surface area contributed by atoms with Gasteiger partial charge in [-0.05, 0) is 43.9 Å². The Balaban J connectivity index is 1.44. The van der Waals surface area contributed by atoms with Crippen molar-refractivity contribution < 1.29 is 14.0 Å². The van der Waals surface area contributed by atoms with E-state index < -0.39 is 0 Å². The van der Waals surface area contributed by atoms with E-state index in [0.29, 0.717) is 17.0 Å². The number of halogens is 1. The predicted molar refractivity (Wildman–Crippen MR) is 128 cm³/mol. The fourth-order valence-electron chi connectivity index (χ4n) is 4.41. The molecule has 32 heavy (non-hydrogen) atoms. The summed E-state index contributed by atoms with van der Waals surface area (Å²) < 4.78 is 14.2. The number of carbonyl (C=O) groups excluding carboxylic acids is 2. The first-order valence-electron chi connectivity index (χ1n) is 11.3. The molecule has 0 bridgehead atoms. The van der Waals surface area contributed by atoms with Crippen LogP contribution in [0, 0.1) is 12.7 Å². The molecule has 1 saturated heterocycles. The monoisotopic (exact) mass is 452 g/mol. The number of nitrogens with zero attached hydrogens (tertiary/aromatic N) is 1. The van der Waals surface area contributed by atoms with Gasteiger partial charge in [0.25, 0.3) is 5.91 Å². The van der Waals surface area contributed by atoms with Gasteiger partial charge in [0, 0.05) is 23.4 Å². The number of fused-ring (bicyclic) bond motifs is 1. The SMILES string of the molecule is Cc1ccc(CCNC(=O)CN2C(=O)/C(=C/c3ccccc3F)SC3CCCCC32)cc1. The molecule has 6 heteroatoms. The zero-order valence-corrected chi connectivity index (χ0v) is 19.2. The zero-order valence-electron chi connectivity index (χ0n) is 18.4.